The molecule has 0 bridgehead atoms. The molecule has 176 valence electrons. The van der Waals surface area contributed by atoms with E-state index in [9.17, 15) is 13.2 Å². The number of hydrogen-bond acceptors (Lipinski definition) is 7. The van der Waals surface area contributed by atoms with Gasteiger partial charge in [0, 0.05) is 58.4 Å². The number of hydrogen-bond donors (Lipinski definition) is 2. The Morgan fingerprint density at radius 3 is 2.42 bits per heavy atom. The van der Waals surface area contributed by atoms with Crippen molar-refractivity contribution < 1.29 is 23.2 Å². The van der Waals surface area contributed by atoms with Gasteiger partial charge in [-0.2, -0.15) is 4.31 Å². The quantitative estimate of drug-likeness (QED) is 0.454. The molecule has 2 aliphatic heterocycles. The monoisotopic (exact) mass is 476 g/mol. The Morgan fingerprint density at radius 2 is 1.90 bits per heavy atom. The van der Waals surface area contributed by atoms with E-state index in [1.165, 1.54) is 9.87 Å². The van der Waals surface area contributed by atoms with E-state index in [0.717, 1.165) is 18.7 Å². The number of halogens is 1. The Balaban J connectivity index is 0.00000341. The SMILES string of the molecule is CCC(C)Cc1ccc(N2CCN(S(=O)(=O)C3(C(=O)NO)CCOCC3)CC2)nc1.Cl. The average Bonchev–Trinajstić information content (AvgIpc) is 2.79. The zero-order valence-electron chi connectivity index (χ0n) is 18.1. The van der Waals surface area contributed by atoms with Gasteiger partial charge in [0.2, 0.25) is 10.0 Å². The van der Waals surface area contributed by atoms with Gasteiger partial charge in [-0.05, 0) is 24.0 Å². The van der Waals surface area contributed by atoms with Crippen molar-refractivity contribution in [3.63, 3.8) is 0 Å². The van der Waals surface area contributed by atoms with Gasteiger partial charge >= 0.3 is 0 Å². The van der Waals surface area contributed by atoms with Crippen molar-refractivity contribution in [2.45, 2.75) is 44.3 Å². The Hall–Kier alpha value is -1.46. The number of amides is 1. The number of aromatic nitrogens is 1. The summed E-state index contributed by atoms with van der Waals surface area (Å²) in [4.78, 5) is 19.0. The standard InChI is InChI=1S/C20H32N4O5S.ClH/c1-3-16(2)14-17-4-5-18(21-15-17)23-8-10-24(11-9-23)30(27,28)20(19(25)22-26)6-12-29-13-7-20;/h4-5,15-16,26H,3,6-14H2,1-2H3,(H,22,25);1H. The number of nitrogens with zero attached hydrogens (tertiary/aromatic N) is 3. The summed E-state index contributed by atoms with van der Waals surface area (Å²) in [7, 11) is -3.95. The van der Waals surface area contributed by atoms with Crippen molar-refractivity contribution in [3.05, 3.63) is 23.9 Å². The van der Waals surface area contributed by atoms with Crippen molar-refractivity contribution >= 4 is 34.2 Å². The minimum Gasteiger partial charge on any atom is -0.381 e. The number of anilines is 1. The highest BCUT2D eigenvalue weighted by Gasteiger charge is 2.54. The molecule has 1 aromatic rings. The third-order valence-corrected chi connectivity index (χ3v) is 8.93. The zero-order valence-corrected chi connectivity index (χ0v) is 19.8. The summed E-state index contributed by atoms with van der Waals surface area (Å²) in [5, 5.41) is 9.16. The highest BCUT2D eigenvalue weighted by atomic mass is 35.5. The van der Waals surface area contributed by atoms with Crippen LogP contribution in [0, 0.1) is 5.92 Å². The van der Waals surface area contributed by atoms with E-state index in [4.69, 9.17) is 9.94 Å². The topological polar surface area (TPSA) is 112 Å². The van der Waals surface area contributed by atoms with Crippen LogP contribution in [0.1, 0.15) is 38.7 Å². The van der Waals surface area contributed by atoms with Gasteiger partial charge in [-0.1, -0.05) is 26.3 Å². The molecular weight excluding hydrogens is 444 g/mol. The molecule has 0 radical (unpaired) electrons. The lowest BCUT2D eigenvalue weighted by molar-refractivity contribution is -0.134. The number of carbonyl (C=O) groups is 1. The number of nitrogens with one attached hydrogen (secondary N) is 1. The second-order valence-electron chi connectivity index (χ2n) is 8.18. The van der Waals surface area contributed by atoms with Crippen molar-refractivity contribution in [2.75, 3.05) is 44.3 Å². The summed E-state index contributed by atoms with van der Waals surface area (Å²) in [5.74, 6) is 0.556. The van der Waals surface area contributed by atoms with E-state index in [-0.39, 0.29) is 51.6 Å². The van der Waals surface area contributed by atoms with Gasteiger partial charge in [0.25, 0.3) is 5.91 Å². The van der Waals surface area contributed by atoms with Crippen LogP contribution in [0.15, 0.2) is 18.3 Å². The molecule has 1 amide bonds. The predicted molar refractivity (Wildman–Crippen MR) is 120 cm³/mol. The molecule has 3 rings (SSSR count). The summed E-state index contributed by atoms with van der Waals surface area (Å²) >= 11 is 0. The number of sulfonamides is 1. The first kappa shape index (κ1) is 25.8. The Bertz CT molecular complexity index is 822. The molecule has 11 heteroatoms. The van der Waals surface area contributed by atoms with Crippen molar-refractivity contribution in [1.29, 1.82) is 0 Å². The van der Waals surface area contributed by atoms with E-state index in [1.54, 1.807) is 5.48 Å². The van der Waals surface area contributed by atoms with Crippen LogP contribution >= 0.6 is 12.4 Å². The second-order valence-corrected chi connectivity index (χ2v) is 10.4. The largest absolute Gasteiger partial charge is 0.381 e. The highest BCUT2D eigenvalue weighted by molar-refractivity contribution is 7.91. The maximum atomic E-state index is 13.3. The van der Waals surface area contributed by atoms with Crippen LogP contribution in [0.5, 0.6) is 0 Å². The van der Waals surface area contributed by atoms with Crippen molar-refractivity contribution in [1.82, 2.24) is 14.8 Å². The van der Waals surface area contributed by atoms with Crippen LogP contribution < -0.4 is 10.4 Å². The van der Waals surface area contributed by atoms with Crippen LogP contribution in [0.25, 0.3) is 0 Å². The van der Waals surface area contributed by atoms with Gasteiger partial charge in [-0.25, -0.2) is 18.9 Å². The molecule has 0 aromatic carbocycles. The van der Waals surface area contributed by atoms with Gasteiger partial charge < -0.3 is 9.64 Å². The predicted octanol–water partition coefficient (Wildman–Crippen LogP) is 1.60. The summed E-state index contributed by atoms with van der Waals surface area (Å²) < 4.78 is 31.6. The summed E-state index contributed by atoms with van der Waals surface area (Å²) in [5.41, 5.74) is 2.76. The molecule has 1 atom stereocenters. The lowest BCUT2D eigenvalue weighted by atomic mass is 9.98. The molecule has 2 saturated heterocycles. The van der Waals surface area contributed by atoms with Gasteiger partial charge in [0.05, 0.1) is 0 Å². The van der Waals surface area contributed by atoms with E-state index < -0.39 is 20.7 Å². The molecule has 2 fully saturated rings. The molecule has 2 N–H and O–H groups in total. The molecule has 0 saturated carbocycles. The lowest BCUT2D eigenvalue weighted by Crippen LogP contribution is -2.62. The van der Waals surface area contributed by atoms with Crippen LogP contribution in [-0.4, -0.2) is 73.0 Å². The third kappa shape index (κ3) is 5.31. The van der Waals surface area contributed by atoms with Crippen LogP contribution in [0.2, 0.25) is 0 Å². The number of ether oxygens (including phenoxy) is 1. The summed E-state index contributed by atoms with van der Waals surface area (Å²) in [6.07, 6.45) is 4.07. The average molecular weight is 477 g/mol. The second kappa shape index (κ2) is 10.9. The number of pyridine rings is 1. The van der Waals surface area contributed by atoms with E-state index in [2.05, 4.69) is 29.8 Å². The first-order valence-corrected chi connectivity index (χ1v) is 12.0. The van der Waals surface area contributed by atoms with Gasteiger partial charge in [-0.15, -0.1) is 12.4 Å². The smallest absolute Gasteiger partial charge is 0.266 e. The molecule has 0 spiro atoms. The third-order valence-electron chi connectivity index (χ3n) is 6.30. The Morgan fingerprint density at radius 1 is 1.26 bits per heavy atom. The fraction of sp³-hybridized carbons (Fsp3) is 0.700. The molecule has 1 unspecified atom stereocenters. The number of piperazine rings is 1. The number of hydroxylamine groups is 1. The molecule has 1 aromatic heterocycles. The number of rotatable bonds is 7. The van der Waals surface area contributed by atoms with Gasteiger partial charge in [-0.3, -0.25) is 10.0 Å². The van der Waals surface area contributed by atoms with Crippen LogP contribution in [0.4, 0.5) is 5.82 Å². The molecule has 2 aliphatic rings. The molecular formula is C20H33ClN4O5S. The number of carbonyl (C=O) groups excluding carboxylic acids is 1. The molecule has 0 aliphatic carbocycles. The van der Waals surface area contributed by atoms with Gasteiger partial charge in [0.1, 0.15) is 5.82 Å². The van der Waals surface area contributed by atoms with E-state index in [1.807, 2.05) is 12.3 Å². The molecule has 9 nitrogen and oxygen atoms in total. The Labute approximate surface area is 190 Å². The first-order valence-electron chi connectivity index (χ1n) is 10.6. The Kier molecular flexibility index (Phi) is 9.08. The van der Waals surface area contributed by atoms with E-state index in [0.29, 0.717) is 19.0 Å². The van der Waals surface area contributed by atoms with Crippen molar-refractivity contribution in [2.24, 2.45) is 5.92 Å². The fourth-order valence-corrected chi connectivity index (χ4v) is 6.18. The van der Waals surface area contributed by atoms with Crippen LogP contribution in [-0.2, 0) is 26.0 Å². The summed E-state index contributed by atoms with van der Waals surface area (Å²) in [6.45, 7) is 6.23. The minimum atomic E-state index is -3.95. The zero-order chi connectivity index (χ0) is 21.8. The summed E-state index contributed by atoms with van der Waals surface area (Å²) in [6, 6.07) is 4.07. The molecule has 31 heavy (non-hydrogen) atoms. The highest BCUT2D eigenvalue weighted by Crippen LogP contribution is 2.33. The fourth-order valence-electron chi connectivity index (χ4n) is 4.08. The normalized spacial score (nSPS) is 20.5. The van der Waals surface area contributed by atoms with Crippen LogP contribution in [0.3, 0.4) is 0 Å². The minimum absolute atomic E-state index is 0. The first-order chi connectivity index (χ1) is 14.3. The molecule has 3 heterocycles. The lowest BCUT2D eigenvalue weighted by Gasteiger charge is -2.41. The maximum absolute atomic E-state index is 13.3. The van der Waals surface area contributed by atoms with Gasteiger partial charge in [0.15, 0.2) is 4.75 Å². The van der Waals surface area contributed by atoms with E-state index >= 15 is 0 Å². The van der Waals surface area contributed by atoms with Crippen molar-refractivity contribution in [3.8, 4) is 0 Å². The maximum Gasteiger partial charge on any atom is 0.266 e.